The Morgan fingerprint density at radius 3 is 3.13 bits per heavy atom. The van der Waals surface area contributed by atoms with E-state index in [1.807, 2.05) is 0 Å². The quantitative estimate of drug-likeness (QED) is 0.889. The number of thiazole rings is 1. The van der Waals surface area contributed by atoms with Crippen LogP contribution in [0.5, 0.6) is 0 Å². The molecule has 1 saturated heterocycles. The summed E-state index contributed by atoms with van der Waals surface area (Å²) in [5, 5.41) is 4.49. The van der Waals surface area contributed by atoms with Gasteiger partial charge in [0.05, 0.1) is 12.7 Å². The first kappa shape index (κ1) is 13.2. The fraction of sp³-hybridized carbons (Fsp3) is 0.667. The molecule has 1 N–H and O–H groups in total. The van der Waals surface area contributed by atoms with Gasteiger partial charge in [-0.2, -0.15) is 0 Å². The van der Waals surface area contributed by atoms with Crippen LogP contribution in [0.4, 0.5) is 0 Å². The van der Waals surface area contributed by atoms with Gasteiger partial charge < -0.3 is 5.32 Å². The van der Waals surface area contributed by atoms with Crippen molar-refractivity contribution >= 4 is 35.3 Å². The van der Waals surface area contributed by atoms with Crippen LogP contribution in [-0.2, 0) is 6.54 Å². The lowest BCUT2D eigenvalue weighted by atomic mass is 10.2. The van der Waals surface area contributed by atoms with E-state index in [9.17, 15) is 0 Å². The van der Waals surface area contributed by atoms with Crippen LogP contribution >= 0.6 is 35.3 Å². The highest BCUT2D eigenvalue weighted by atomic mass is 35.5. The molecule has 0 spiro atoms. The topological polar surface area (TPSA) is 28.2 Å². The Kier molecular flexibility index (Phi) is 5.29. The largest absolute Gasteiger partial charge is 0.314 e. The lowest BCUT2D eigenvalue weighted by molar-refractivity contribution is 0.165. The van der Waals surface area contributed by atoms with Gasteiger partial charge in [-0.25, -0.2) is 4.98 Å². The van der Waals surface area contributed by atoms with E-state index >= 15 is 0 Å². The summed E-state index contributed by atoms with van der Waals surface area (Å²) in [5.41, 5.74) is 0. The van der Waals surface area contributed by atoms with Crippen molar-refractivity contribution in [3.05, 3.63) is 15.5 Å². The second-order valence-corrected chi connectivity index (χ2v) is 5.33. The molecule has 0 radical (unpaired) electrons. The summed E-state index contributed by atoms with van der Waals surface area (Å²) in [4.78, 5) is 6.70. The number of hydrogen-bond acceptors (Lipinski definition) is 4. The SMILES string of the molecule is C[C@H]1CNCCN1Cc1ncc(Cl)s1.Cl. The first-order chi connectivity index (χ1) is 6.75. The van der Waals surface area contributed by atoms with Crippen molar-refractivity contribution in [3.8, 4) is 0 Å². The van der Waals surface area contributed by atoms with Crippen molar-refractivity contribution in [1.82, 2.24) is 15.2 Å². The molecule has 1 aliphatic rings. The lowest BCUT2D eigenvalue weighted by Crippen LogP contribution is -2.49. The molecule has 3 nitrogen and oxygen atoms in total. The van der Waals surface area contributed by atoms with E-state index in [-0.39, 0.29) is 12.4 Å². The Hall–Kier alpha value is 0.130. The summed E-state index contributed by atoms with van der Waals surface area (Å²) in [6.45, 7) is 6.41. The highest BCUT2D eigenvalue weighted by molar-refractivity contribution is 7.15. The van der Waals surface area contributed by atoms with Crippen molar-refractivity contribution in [3.63, 3.8) is 0 Å². The van der Waals surface area contributed by atoms with Crippen LogP contribution in [0.25, 0.3) is 0 Å². The molecule has 1 atom stereocenters. The Morgan fingerprint density at radius 2 is 2.53 bits per heavy atom. The van der Waals surface area contributed by atoms with Gasteiger partial charge >= 0.3 is 0 Å². The fourth-order valence-corrected chi connectivity index (χ4v) is 2.64. The summed E-state index contributed by atoms with van der Waals surface area (Å²) < 4.78 is 0.780. The molecule has 1 fully saturated rings. The molecule has 0 bridgehead atoms. The zero-order valence-corrected chi connectivity index (χ0v) is 11.0. The monoisotopic (exact) mass is 267 g/mol. The summed E-state index contributed by atoms with van der Waals surface area (Å²) in [7, 11) is 0. The van der Waals surface area contributed by atoms with Gasteiger partial charge in [0.2, 0.25) is 0 Å². The first-order valence-corrected chi connectivity index (χ1v) is 6.00. The molecular formula is C9H15Cl2N3S. The van der Waals surface area contributed by atoms with E-state index in [4.69, 9.17) is 11.6 Å². The van der Waals surface area contributed by atoms with Gasteiger partial charge in [-0.15, -0.1) is 23.7 Å². The number of aromatic nitrogens is 1. The Bertz CT molecular complexity index is 305. The number of hydrogen-bond donors (Lipinski definition) is 1. The van der Waals surface area contributed by atoms with Crippen LogP contribution in [0.2, 0.25) is 4.34 Å². The summed E-state index contributed by atoms with van der Waals surface area (Å²) in [5.74, 6) is 0. The van der Waals surface area contributed by atoms with Gasteiger partial charge in [0.1, 0.15) is 9.34 Å². The number of halogens is 2. The van der Waals surface area contributed by atoms with Crippen LogP contribution in [0.15, 0.2) is 6.20 Å². The maximum absolute atomic E-state index is 5.84. The van der Waals surface area contributed by atoms with E-state index < -0.39 is 0 Å². The third-order valence-electron chi connectivity index (χ3n) is 2.50. The molecular weight excluding hydrogens is 253 g/mol. The van der Waals surface area contributed by atoms with Crippen LogP contribution in [-0.4, -0.2) is 35.6 Å². The molecule has 2 heterocycles. The van der Waals surface area contributed by atoms with E-state index in [0.717, 1.165) is 35.5 Å². The molecule has 86 valence electrons. The van der Waals surface area contributed by atoms with Crippen LogP contribution < -0.4 is 5.32 Å². The smallest absolute Gasteiger partial charge is 0.113 e. The summed E-state index contributed by atoms with van der Waals surface area (Å²) in [6, 6.07) is 0.589. The van der Waals surface area contributed by atoms with Gasteiger partial charge in [0.15, 0.2) is 0 Å². The number of nitrogens with one attached hydrogen (secondary N) is 1. The fourth-order valence-electron chi connectivity index (χ4n) is 1.65. The molecule has 1 aromatic rings. The third kappa shape index (κ3) is 3.57. The van der Waals surface area contributed by atoms with E-state index in [1.165, 1.54) is 0 Å². The number of rotatable bonds is 2. The molecule has 1 aromatic heterocycles. The predicted octanol–water partition coefficient (Wildman–Crippen LogP) is 2.01. The zero-order chi connectivity index (χ0) is 9.97. The Morgan fingerprint density at radius 1 is 1.73 bits per heavy atom. The standard InChI is InChI=1S/C9H14ClN3S.ClH/c1-7-4-11-2-3-13(7)6-9-12-5-8(10)14-9;/h5,7,11H,2-4,6H2,1H3;1H/t7-;/m0./s1. The number of piperazine rings is 1. The molecule has 0 unspecified atom stereocenters. The normalized spacial score (nSPS) is 22.4. The van der Waals surface area contributed by atoms with Gasteiger partial charge in [-0.3, -0.25) is 4.90 Å². The number of nitrogens with zero attached hydrogens (tertiary/aromatic N) is 2. The van der Waals surface area contributed by atoms with Crippen molar-refractivity contribution in [2.45, 2.75) is 19.5 Å². The van der Waals surface area contributed by atoms with Gasteiger partial charge in [-0.1, -0.05) is 11.6 Å². The van der Waals surface area contributed by atoms with Crippen molar-refractivity contribution < 1.29 is 0 Å². The molecule has 1 aliphatic heterocycles. The maximum atomic E-state index is 5.84. The minimum absolute atomic E-state index is 0. The van der Waals surface area contributed by atoms with Crippen LogP contribution in [0.1, 0.15) is 11.9 Å². The molecule has 15 heavy (non-hydrogen) atoms. The van der Waals surface area contributed by atoms with Gasteiger partial charge in [0, 0.05) is 25.7 Å². The maximum Gasteiger partial charge on any atom is 0.113 e. The molecule has 0 saturated carbocycles. The lowest BCUT2D eigenvalue weighted by Gasteiger charge is -2.33. The molecule has 2 rings (SSSR count). The molecule has 6 heteroatoms. The zero-order valence-electron chi connectivity index (χ0n) is 8.57. The van der Waals surface area contributed by atoms with Crippen molar-refractivity contribution in [2.75, 3.05) is 19.6 Å². The molecule has 0 aliphatic carbocycles. The Labute approximate surface area is 105 Å². The first-order valence-electron chi connectivity index (χ1n) is 4.80. The highest BCUT2D eigenvalue weighted by Gasteiger charge is 2.18. The summed E-state index contributed by atoms with van der Waals surface area (Å²) >= 11 is 7.42. The molecule has 0 aromatic carbocycles. The predicted molar refractivity (Wildman–Crippen MR) is 67.1 cm³/mol. The third-order valence-corrected chi connectivity index (χ3v) is 3.60. The van der Waals surface area contributed by atoms with Crippen LogP contribution in [0.3, 0.4) is 0 Å². The van der Waals surface area contributed by atoms with Gasteiger partial charge in [0.25, 0.3) is 0 Å². The minimum Gasteiger partial charge on any atom is -0.314 e. The average Bonchev–Trinajstić information content (AvgIpc) is 2.56. The van der Waals surface area contributed by atoms with Gasteiger partial charge in [-0.05, 0) is 6.92 Å². The van der Waals surface area contributed by atoms with E-state index in [2.05, 4.69) is 22.1 Å². The van der Waals surface area contributed by atoms with E-state index in [1.54, 1.807) is 17.5 Å². The molecule has 0 amide bonds. The minimum atomic E-state index is 0. The second kappa shape index (κ2) is 6.01. The average molecular weight is 268 g/mol. The van der Waals surface area contributed by atoms with Crippen molar-refractivity contribution in [2.24, 2.45) is 0 Å². The van der Waals surface area contributed by atoms with E-state index in [0.29, 0.717) is 6.04 Å². The Balaban J connectivity index is 0.00000112. The van der Waals surface area contributed by atoms with Crippen molar-refractivity contribution in [1.29, 1.82) is 0 Å². The summed E-state index contributed by atoms with van der Waals surface area (Å²) in [6.07, 6.45) is 1.73. The second-order valence-electron chi connectivity index (χ2n) is 3.58. The van der Waals surface area contributed by atoms with Crippen LogP contribution in [0, 0.1) is 0 Å². The highest BCUT2D eigenvalue weighted by Crippen LogP contribution is 2.20.